The molecule has 0 saturated carbocycles. The van der Waals surface area contributed by atoms with Crippen molar-refractivity contribution in [1.82, 2.24) is 0 Å². The van der Waals surface area contributed by atoms with Gasteiger partial charge in [0.1, 0.15) is 0 Å². The minimum atomic E-state index is 0.248. The van der Waals surface area contributed by atoms with E-state index in [9.17, 15) is 0 Å². The van der Waals surface area contributed by atoms with Crippen LogP contribution in [-0.2, 0) is 0 Å². The molecule has 0 spiro atoms. The van der Waals surface area contributed by atoms with Gasteiger partial charge in [0.05, 0.1) is 0 Å². The molecular formula is C11H20O. The highest BCUT2D eigenvalue weighted by molar-refractivity contribution is 5.01. The van der Waals surface area contributed by atoms with Crippen molar-refractivity contribution < 1.29 is 5.11 Å². The van der Waals surface area contributed by atoms with Gasteiger partial charge in [-0.1, -0.05) is 37.6 Å². The standard InChI is InChI=1S/C11H20O/c1-3-4-8-11(2)9-6-5-7-10-12/h5-6,12H,2-4,7-10H2,1H3/b6-5+. The van der Waals surface area contributed by atoms with Crippen molar-refractivity contribution in [2.45, 2.75) is 39.0 Å². The molecule has 1 nitrogen and oxygen atoms in total. The van der Waals surface area contributed by atoms with Crippen LogP contribution in [-0.4, -0.2) is 11.7 Å². The Bertz CT molecular complexity index is 136. The summed E-state index contributed by atoms with van der Waals surface area (Å²) in [7, 11) is 0. The molecule has 0 aromatic heterocycles. The van der Waals surface area contributed by atoms with Crippen LogP contribution in [0.1, 0.15) is 39.0 Å². The van der Waals surface area contributed by atoms with Crippen LogP contribution in [0.15, 0.2) is 24.3 Å². The summed E-state index contributed by atoms with van der Waals surface area (Å²) in [5.74, 6) is 0. The van der Waals surface area contributed by atoms with Gasteiger partial charge in [-0.25, -0.2) is 0 Å². The Hall–Kier alpha value is -0.560. The molecule has 0 amide bonds. The second-order valence-electron chi connectivity index (χ2n) is 3.04. The molecule has 0 atom stereocenters. The molecule has 0 aliphatic rings. The van der Waals surface area contributed by atoms with Gasteiger partial charge < -0.3 is 5.11 Å². The number of hydrogen-bond acceptors (Lipinski definition) is 1. The molecule has 0 radical (unpaired) electrons. The van der Waals surface area contributed by atoms with E-state index in [1.165, 1.54) is 18.4 Å². The minimum absolute atomic E-state index is 0.248. The first-order valence-electron chi connectivity index (χ1n) is 4.73. The van der Waals surface area contributed by atoms with E-state index in [1.54, 1.807) is 0 Å². The van der Waals surface area contributed by atoms with Gasteiger partial charge in [-0.2, -0.15) is 0 Å². The molecule has 70 valence electrons. The molecule has 12 heavy (non-hydrogen) atoms. The summed E-state index contributed by atoms with van der Waals surface area (Å²) in [4.78, 5) is 0. The predicted octanol–water partition coefficient (Wildman–Crippen LogP) is 3.06. The second-order valence-corrected chi connectivity index (χ2v) is 3.04. The number of hydrogen-bond donors (Lipinski definition) is 1. The fourth-order valence-corrected chi connectivity index (χ4v) is 0.971. The third-order valence-corrected chi connectivity index (χ3v) is 1.75. The van der Waals surface area contributed by atoms with Crippen LogP contribution in [0, 0.1) is 0 Å². The van der Waals surface area contributed by atoms with E-state index in [-0.39, 0.29) is 6.61 Å². The topological polar surface area (TPSA) is 20.2 Å². The summed E-state index contributed by atoms with van der Waals surface area (Å²) in [5, 5.41) is 8.50. The van der Waals surface area contributed by atoms with Gasteiger partial charge in [0.2, 0.25) is 0 Å². The summed E-state index contributed by atoms with van der Waals surface area (Å²) in [5.41, 5.74) is 1.30. The summed E-state index contributed by atoms with van der Waals surface area (Å²) in [6.45, 7) is 6.41. The zero-order valence-electron chi connectivity index (χ0n) is 8.05. The normalized spacial score (nSPS) is 10.8. The number of aliphatic hydroxyl groups excluding tert-OH is 1. The van der Waals surface area contributed by atoms with Crippen molar-refractivity contribution in [1.29, 1.82) is 0 Å². The van der Waals surface area contributed by atoms with Gasteiger partial charge in [-0.05, 0) is 25.7 Å². The summed E-state index contributed by atoms with van der Waals surface area (Å²) < 4.78 is 0. The fourth-order valence-electron chi connectivity index (χ4n) is 0.971. The number of aliphatic hydroxyl groups is 1. The van der Waals surface area contributed by atoms with Crippen LogP contribution in [0.25, 0.3) is 0 Å². The number of allylic oxidation sites excluding steroid dienone is 2. The van der Waals surface area contributed by atoms with Crippen LogP contribution in [0.2, 0.25) is 0 Å². The summed E-state index contributed by atoms with van der Waals surface area (Å²) in [6.07, 6.45) is 9.46. The highest BCUT2D eigenvalue weighted by atomic mass is 16.2. The van der Waals surface area contributed by atoms with Crippen molar-refractivity contribution in [2.24, 2.45) is 0 Å². The van der Waals surface area contributed by atoms with Crippen LogP contribution in [0.5, 0.6) is 0 Å². The molecular weight excluding hydrogens is 148 g/mol. The van der Waals surface area contributed by atoms with Crippen molar-refractivity contribution in [3.05, 3.63) is 24.3 Å². The highest BCUT2D eigenvalue weighted by Gasteiger charge is 1.89. The summed E-state index contributed by atoms with van der Waals surface area (Å²) in [6, 6.07) is 0. The zero-order valence-corrected chi connectivity index (χ0v) is 8.05. The maximum Gasteiger partial charge on any atom is 0.0465 e. The molecule has 0 unspecified atom stereocenters. The second kappa shape index (κ2) is 8.54. The van der Waals surface area contributed by atoms with Gasteiger partial charge in [0, 0.05) is 6.61 Å². The van der Waals surface area contributed by atoms with Crippen molar-refractivity contribution in [3.63, 3.8) is 0 Å². The Morgan fingerprint density at radius 3 is 2.75 bits per heavy atom. The maximum atomic E-state index is 8.50. The molecule has 0 aliphatic heterocycles. The Balaban J connectivity index is 3.30. The number of unbranched alkanes of at least 4 members (excludes halogenated alkanes) is 1. The molecule has 1 heteroatoms. The third-order valence-electron chi connectivity index (χ3n) is 1.75. The lowest BCUT2D eigenvalue weighted by Gasteiger charge is -1.99. The van der Waals surface area contributed by atoms with Crippen LogP contribution in [0.4, 0.5) is 0 Å². The fraction of sp³-hybridized carbons (Fsp3) is 0.636. The molecule has 0 aromatic rings. The summed E-state index contributed by atoms with van der Waals surface area (Å²) >= 11 is 0. The van der Waals surface area contributed by atoms with Gasteiger partial charge in [0.25, 0.3) is 0 Å². The van der Waals surface area contributed by atoms with E-state index >= 15 is 0 Å². The average Bonchev–Trinajstić information content (AvgIpc) is 2.09. The molecule has 0 saturated heterocycles. The van der Waals surface area contributed by atoms with Gasteiger partial charge >= 0.3 is 0 Å². The maximum absolute atomic E-state index is 8.50. The van der Waals surface area contributed by atoms with E-state index in [0.717, 1.165) is 19.3 Å². The first-order chi connectivity index (χ1) is 5.81. The van der Waals surface area contributed by atoms with Gasteiger partial charge in [-0.15, -0.1) is 0 Å². The van der Waals surface area contributed by atoms with Crippen molar-refractivity contribution >= 4 is 0 Å². The molecule has 1 N–H and O–H groups in total. The number of rotatable bonds is 7. The van der Waals surface area contributed by atoms with Crippen LogP contribution >= 0.6 is 0 Å². The van der Waals surface area contributed by atoms with E-state index in [4.69, 9.17) is 5.11 Å². The van der Waals surface area contributed by atoms with Gasteiger partial charge in [0.15, 0.2) is 0 Å². The Kier molecular flexibility index (Phi) is 8.14. The quantitative estimate of drug-likeness (QED) is 0.579. The largest absolute Gasteiger partial charge is 0.396 e. The Morgan fingerprint density at radius 1 is 1.42 bits per heavy atom. The van der Waals surface area contributed by atoms with E-state index in [2.05, 4.69) is 19.6 Å². The van der Waals surface area contributed by atoms with Crippen LogP contribution < -0.4 is 0 Å². The zero-order chi connectivity index (χ0) is 9.23. The third kappa shape index (κ3) is 7.55. The minimum Gasteiger partial charge on any atom is -0.396 e. The average molecular weight is 168 g/mol. The molecule has 0 rings (SSSR count). The SMILES string of the molecule is C=C(C/C=C/CCO)CCCC. The first kappa shape index (κ1) is 11.4. The van der Waals surface area contributed by atoms with E-state index < -0.39 is 0 Å². The molecule has 0 aromatic carbocycles. The smallest absolute Gasteiger partial charge is 0.0465 e. The van der Waals surface area contributed by atoms with Gasteiger partial charge in [-0.3, -0.25) is 0 Å². The van der Waals surface area contributed by atoms with E-state index in [0.29, 0.717) is 0 Å². The Morgan fingerprint density at radius 2 is 2.17 bits per heavy atom. The lowest BCUT2D eigenvalue weighted by atomic mass is 10.1. The lowest BCUT2D eigenvalue weighted by molar-refractivity contribution is 0.302. The van der Waals surface area contributed by atoms with Crippen LogP contribution in [0.3, 0.4) is 0 Å². The molecule has 0 fully saturated rings. The first-order valence-corrected chi connectivity index (χ1v) is 4.73. The Labute approximate surface area is 75.8 Å². The van der Waals surface area contributed by atoms with Crippen molar-refractivity contribution in [2.75, 3.05) is 6.61 Å². The predicted molar refractivity (Wildman–Crippen MR) is 54.1 cm³/mol. The molecule has 0 bridgehead atoms. The molecule has 0 heterocycles. The lowest BCUT2D eigenvalue weighted by Crippen LogP contribution is -1.80. The van der Waals surface area contributed by atoms with E-state index in [1.807, 2.05) is 6.08 Å². The van der Waals surface area contributed by atoms with Crippen molar-refractivity contribution in [3.8, 4) is 0 Å². The highest BCUT2D eigenvalue weighted by Crippen LogP contribution is 2.09. The molecule has 0 aliphatic carbocycles. The monoisotopic (exact) mass is 168 g/mol.